The number of rotatable bonds is 4. The minimum Gasteiger partial charge on any atom is -0.372 e. The van der Waals surface area contributed by atoms with Crippen LogP contribution in [-0.4, -0.2) is 0 Å². The van der Waals surface area contributed by atoms with Crippen molar-refractivity contribution in [3.05, 3.63) is 71.8 Å². The molecule has 17 heavy (non-hydrogen) atoms. The first kappa shape index (κ1) is 16.4. The summed E-state index contributed by atoms with van der Waals surface area (Å²) in [6, 6.07) is 20.4. The second kappa shape index (κ2) is 9.46. The standard InChI is InChI=1S/C14H14O.Au.ClH/c1-3-7-13(8-4-1)11-15-12-14-9-5-2-6-10-14;;/h1-10H,11-12H2;;1H. The third-order valence-electron chi connectivity index (χ3n) is 2.22. The molecule has 3 heteroatoms. The van der Waals surface area contributed by atoms with Gasteiger partial charge in [-0.3, -0.25) is 0 Å². The minimum atomic E-state index is 0. The molecule has 1 radical (unpaired) electrons. The molecule has 0 spiro atoms. The molecule has 0 aliphatic heterocycles. The quantitative estimate of drug-likeness (QED) is 0.669. The van der Waals surface area contributed by atoms with Crippen molar-refractivity contribution in [2.75, 3.05) is 0 Å². The van der Waals surface area contributed by atoms with Gasteiger partial charge in [0.1, 0.15) is 0 Å². The Hall–Kier alpha value is -0.570. The Morgan fingerprint density at radius 1 is 0.647 bits per heavy atom. The molecule has 0 unspecified atom stereocenters. The Labute approximate surface area is 124 Å². The molecule has 0 heterocycles. The summed E-state index contributed by atoms with van der Waals surface area (Å²) >= 11 is 0. The number of ether oxygens (including phenoxy) is 1. The van der Waals surface area contributed by atoms with E-state index in [4.69, 9.17) is 4.74 Å². The van der Waals surface area contributed by atoms with Crippen LogP contribution in [-0.2, 0) is 40.3 Å². The summed E-state index contributed by atoms with van der Waals surface area (Å²) in [5, 5.41) is 0. The zero-order valence-corrected chi connectivity index (χ0v) is 12.3. The average Bonchev–Trinajstić information content (AvgIpc) is 2.32. The van der Waals surface area contributed by atoms with Crippen LogP contribution in [0.25, 0.3) is 0 Å². The molecule has 2 aromatic rings. The van der Waals surface area contributed by atoms with Gasteiger partial charge < -0.3 is 4.74 Å². The molecule has 0 bridgehead atoms. The molecule has 2 aromatic carbocycles. The summed E-state index contributed by atoms with van der Waals surface area (Å²) in [5.41, 5.74) is 2.43. The van der Waals surface area contributed by atoms with Gasteiger partial charge in [0.15, 0.2) is 0 Å². The van der Waals surface area contributed by atoms with E-state index in [1.54, 1.807) is 0 Å². The molecule has 0 atom stereocenters. The summed E-state index contributed by atoms with van der Waals surface area (Å²) in [4.78, 5) is 0. The van der Waals surface area contributed by atoms with Gasteiger partial charge in [-0.2, -0.15) is 0 Å². The van der Waals surface area contributed by atoms with Gasteiger partial charge >= 0.3 is 0 Å². The van der Waals surface area contributed by atoms with E-state index in [1.165, 1.54) is 11.1 Å². The van der Waals surface area contributed by atoms with Crippen LogP contribution < -0.4 is 0 Å². The smallest absolute Gasteiger partial charge is 0.0721 e. The van der Waals surface area contributed by atoms with Crippen LogP contribution in [0.4, 0.5) is 0 Å². The molecule has 0 saturated heterocycles. The van der Waals surface area contributed by atoms with Gasteiger partial charge in [0.2, 0.25) is 0 Å². The van der Waals surface area contributed by atoms with Gasteiger partial charge in [0.25, 0.3) is 0 Å². The fraction of sp³-hybridized carbons (Fsp3) is 0.143. The van der Waals surface area contributed by atoms with Crippen molar-refractivity contribution >= 4 is 12.4 Å². The van der Waals surface area contributed by atoms with Crippen LogP contribution in [0.5, 0.6) is 0 Å². The first-order valence-electron chi connectivity index (χ1n) is 5.11. The Balaban J connectivity index is 0.00000128. The van der Waals surface area contributed by atoms with Gasteiger partial charge in [0, 0.05) is 22.4 Å². The third-order valence-corrected chi connectivity index (χ3v) is 2.22. The predicted octanol–water partition coefficient (Wildman–Crippen LogP) is 3.82. The summed E-state index contributed by atoms with van der Waals surface area (Å²) in [5.74, 6) is 0. The maximum atomic E-state index is 5.61. The molecule has 0 amide bonds. The Morgan fingerprint density at radius 2 is 1.00 bits per heavy atom. The normalized spacial score (nSPS) is 8.94. The van der Waals surface area contributed by atoms with E-state index in [2.05, 4.69) is 24.3 Å². The van der Waals surface area contributed by atoms with E-state index < -0.39 is 0 Å². The monoisotopic (exact) mass is 431 g/mol. The molecular weight excluding hydrogens is 417 g/mol. The van der Waals surface area contributed by atoms with Crippen LogP contribution in [0, 0.1) is 0 Å². The van der Waals surface area contributed by atoms with Crippen LogP contribution in [0.3, 0.4) is 0 Å². The molecule has 1 nitrogen and oxygen atoms in total. The molecule has 0 fully saturated rings. The fourth-order valence-electron chi connectivity index (χ4n) is 1.44. The average molecular weight is 432 g/mol. The Bertz CT molecular complexity index is 352. The molecule has 0 N–H and O–H groups in total. The Kier molecular flexibility index (Phi) is 9.14. The number of hydrogen-bond acceptors (Lipinski definition) is 1. The number of hydrogen-bond donors (Lipinski definition) is 0. The van der Waals surface area contributed by atoms with Gasteiger partial charge in [-0.1, -0.05) is 60.7 Å². The molecule has 95 valence electrons. The van der Waals surface area contributed by atoms with Crippen LogP contribution in [0.15, 0.2) is 60.7 Å². The minimum absolute atomic E-state index is 0. The van der Waals surface area contributed by atoms with Crippen molar-refractivity contribution in [1.82, 2.24) is 0 Å². The zero-order chi connectivity index (χ0) is 10.3. The van der Waals surface area contributed by atoms with Crippen molar-refractivity contribution in [3.63, 3.8) is 0 Å². The molecule has 0 saturated carbocycles. The zero-order valence-electron chi connectivity index (χ0n) is 9.31. The molecule has 0 aliphatic rings. The van der Waals surface area contributed by atoms with Gasteiger partial charge in [-0.05, 0) is 11.1 Å². The topological polar surface area (TPSA) is 9.23 Å². The largest absolute Gasteiger partial charge is 0.372 e. The maximum Gasteiger partial charge on any atom is 0.0721 e. The van der Waals surface area contributed by atoms with Crippen LogP contribution in [0.2, 0.25) is 0 Å². The Morgan fingerprint density at radius 3 is 1.35 bits per heavy atom. The summed E-state index contributed by atoms with van der Waals surface area (Å²) in [6.45, 7) is 1.35. The van der Waals surface area contributed by atoms with E-state index in [0.717, 1.165) is 0 Å². The van der Waals surface area contributed by atoms with Crippen molar-refractivity contribution < 1.29 is 27.1 Å². The SMILES string of the molecule is Cl.[Au].c1ccc(COCc2ccccc2)cc1. The van der Waals surface area contributed by atoms with E-state index in [9.17, 15) is 0 Å². The maximum absolute atomic E-state index is 5.61. The second-order valence-electron chi connectivity index (χ2n) is 3.46. The number of benzene rings is 2. The van der Waals surface area contributed by atoms with Gasteiger partial charge in [-0.15, -0.1) is 12.4 Å². The first-order valence-corrected chi connectivity index (χ1v) is 5.11. The first-order chi connectivity index (χ1) is 7.45. The summed E-state index contributed by atoms with van der Waals surface area (Å²) in [6.07, 6.45) is 0. The van der Waals surface area contributed by atoms with Crippen molar-refractivity contribution in [1.29, 1.82) is 0 Å². The summed E-state index contributed by atoms with van der Waals surface area (Å²) < 4.78 is 5.61. The molecule has 2 rings (SSSR count). The van der Waals surface area contributed by atoms with E-state index in [0.29, 0.717) is 13.2 Å². The van der Waals surface area contributed by atoms with Crippen LogP contribution >= 0.6 is 12.4 Å². The third kappa shape index (κ3) is 6.06. The van der Waals surface area contributed by atoms with Crippen molar-refractivity contribution in [2.24, 2.45) is 0 Å². The van der Waals surface area contributed by atoms with Crippen molar-refractivity contribution in [2.45, 2.75) is 13.2 Å². The van der Waals surface area contributed by atoms with Gasteiger partial charge in [-0.25, -0.2) is 0 Å². The van der Waals surface area contributed by atoms with E-state index in [1.807, 2.05) is 36.4 Å². The number of halogens is 1. The fourth-order valence-corrected chi connectivity index (χ4v) is 1.44. The molecule has 0 aliphatic carbocycles. The van der Waals surface area contributed by atoms with E-state index in [-0.39, 0.29) is 34.8 Å². The summed E-state index contributed by atoms with van der Waals surface area (Å²) in [7, 11) is 0. The van der Waals surface area contributed by atoms with Crippen molar-refractivity contribution in [3.8, 4) is 0 Å². The van der Waals surface area contributed by atoms with Gasteiger partial charge in [0.05, 0.1) is 13.2 Å². The predicted molar refractivity (Wildman–Crippen MR) is 68.6 cm³/mol. The van der Waals surface area contributed by atoms with Crippen LogP contribution in [0.1, 0.15) is 11.1 Å². The molecule has 0 aromatic heterocycles. The molecular formula is C14H15AuClO. The second-order valence-corrected chi connectivity index (χ2v) is 3.46. The van der Waals surface area contributed by atoms with E-state index >= 15 is 0 Å².